The first-order valence-electron chi connectivity index (χ1n) is 9.30. The summed E-state index contributed by atoms with van der Waals surface area (Å²) in [5.74, 6) is -0.631. The van der Waals surface area contributed by atoms with Crippen LogP contribution in [0.3, 0.4) is 0 Å². The number of carbonyl (C=O) groups is 2. The fourth-order valence-corrected chi connectivity index (χ4v) is 4.31. The number of esters is 2. The molecule has 0 aliphatic heterocycles. The maximum atomic E-state index is 12.6. The number of halogens is 2. The zero-order valence-corrected chi connectivity index (χ0v) is 19.0. The zero-order valence-electron chi connectivity index (χ0n) is 17.5. The fraction of sp³-hybridized carbons (Fsp3) is 0.381. The molecule has 0 amide bonds. The summed E-state index contributed by atoms with van der Waals surface area (Å²) < 4.78 is 13.3. The first-order chi connectivity index (χ1) is 14.3. The van der Waals surface area contributed by atoms with Crippen LogP contribution in [-0.2, 0) is 40.7 Å². The Hall–Kier alpha value is -2.51. The lowest BCUT2D eigenvalue weighted by Gasteiger charge is -2.11. The normalized spacial score (nSPS) is 11.2. The van der Waals surface area contributed by atoms with Crippen molar-refractivity contribution < 1.29 is 19.1 Å². The molecule has 0 radical (unpaired) electrons. The summed E-state index contributed by atoms with van der Waals surface area (Å²) in [6, 6.07) is 3.64. The molecule has 0 bridgehead atoms. The molecule has 0 N–H and O–H groups in total. The van der Waals surface area contributed by atoms with E-state index in [4.69, 9.17) is 32.7 Å². The van der Waals surface area contributed by atoms with Crippen LogP contribution in [0.15, 0.2) is 12.1 Å². The molecular formula is C21H23Cl2N3O4. The highest BCUT2D eigenvalue weighted by Crippen LogP contribution is 2.42. The van der Waals surface area contributed by atoms with E-state index in [1.54, 1.807) is 22.4 Å². The van der Waals surface area contributed by atoms with Gasteiger partial charge in [-0.15, -0.1) is 11.6 Å². The van der Waals surface area contributed by atoms with Gasteiger partial charge >= 0.3 is 11.9 Å². The molecule has 3 aromatic rings. The van der Waals surface area contributed by atoms with Crippen LogP contribution in [0.5, 0.6) is 0 Å². The Morgan fingerprint density at radius 3 is 2.43 bits per heavy atom. The molecule has 2 heterocycles. The molecule has 1 aromatic carbocycles. The predicted octanol–water partition coefficient (Wildman–Crippen LogP) is 4.17. The van der Waals surface area contributed by atoms with Crippen molar-refractivity contribution in [2.75, 3.05) is 14.2 Å². The maximum absolute atomic E-state index is 12.6. The molecule has 0 atom stereocenters. The van der Waals surface area contributed by atoms with Gasteiger partial charge in [0.2, 0.25) is 0 Å². The summed E-state index contributed by atoms with van der Waals surface area (Å²) in [4.78, 5) is 24.4. The maximum Gasteiger partial charge on any atom is 0.354 e. The second-order valence-corrected chi connectivity index (χ2v) is 7.61. The molecule has 0 unspecified atom stereocenters. The van der Waals surface area contributed by atoms with E-state index in [0.717, 1.165) is 27.7 Å². The van der Waals surface area contributed by atoms with E-state index in [2.05, 4.69) is 5.10 Å². The van der Waals surface area contributed by atoms with Gasteiger partial charge in [-0.25, -0.2) is 4.79 Å². The third-order valence-electron chi connectivity index (χ3n) is 5.38. The van der Waals surface area contributed by atoms with Gasteiger partial charge in [-0.3, -0.25) is 9.48 Å². The summed E-state index contributed by atoms with van der Waals surface area (Å²) in [5, 5.41) is 5.82. The van der Waals surface area contributed by atoms with Crippen molar-refractivity contribution in [2.24, 2.45) is 14.1 Å². The molecule has 9 heteroatoms. The van der Waals surface area contributed by atoms with Crippen LogP contribution in [-0.4, -0.2) is 40.5 Å². The molecule has 0 saturated carbocycles. The fourth-order valence-electron chi connectivity index (χ4n) is 3.87. The molecule has 0 aliphatic carbocycles. The number of fused-ring (bicyclic) bond motifs is 1. The average molecular weight is 452 g/mol. The van der Waals surface area contributed by atoms with Gasteiger partial charge in [0.1, 0.15) is 5.69 Å². The second-order valence-electron chi connectivity index (χ2n) is 6.94. The van der Waals surface area contributed by atoms with Crippen molar-refractivity contribution in [3.63, 3.8) is 0 Å². The van der Waals surface area contributed by atoms with Gasteiger partial charge in [-0.05, 0) is 25.0 Å². The number of methoxy groups -OCH3 is 2. The Kier molecular flexibility index (Phi) is 6.43. The van der Waals surface area contributed by atoms with Gasteiger partial charge in [0, 0.05) is 42.7 Å². The number of rotatable bonds is 6. The summed E-state index contributed by atoms with van der Waals surface area (Å²) >= 11 is 12.8. The molecule has 2 aromatic heterocycles. The minimum absolute atomic E-state index is 0.135. The van der Waals surface area contributed by atoms with E-state index in [-0.39, 0.29) is 18.3 Å². The van der Waals surface area contributed by atoms with Crippen LogP contribution < -0.4 is 0 Å². The standard InChI is InChI=1S/C21H23Cl2N3O4/c1-11-17(15(10-22)24-26(11)3)18-14(23)8-6-12-13(7-9-16(27)29-4)20(21(28)30-5)25(2)19(12)18/h6,8H,7,9-10H2,1-5H3. The van der Waals surface area contributed by atoms with Crippen molar-refractivity contribution in [1.82, 2.24) is 14.3 Å². The number of hydrogen-bond acceptors (Lipinski definition) is 5. The van der Waals surface area contributed by atoms with E-state index in [1.807, 2.05) is 20.0 Å². The van der Waals surface area contributed by atoms with E-state index >= 15 is 0 Å². The van der Waals surface area contributed by atoms with Crippen LogP contribution in [0.25, 0.3) is 22.0 Å². The third-order valence-corrected chi connectivity index (χ3v) is 5.95. The Labute approximate surface area is 184 Å². The molecule has 0 saturated heterocycles. The predicted molar refractivity (Wildman–Crippen MR) is 116 cm³/mol. The lowest BCUT2D eigenvalue weighted by Crippen LogP contribution is -2.11. The summed E-state index contributed by atoms with van der Waals surface area (Å²) in [6.07, 6.45) is 0.459. The van der Waals surface area contributed by atoms with Crippen molar-refractivity contribution >= 4 is 46.0 Å². The summed E-state index contributed by atoms with van der Waals surface area (Å²) in [6.45, 7) is 1.94. The first-order valence-corrected chi connectivity index (χ1v) is 10.2. The molecule has 0 fully saturated rings. The molecule has 0 aliphatic rings. The number of hydrogen-bond donors (Lipinski definition) is 0. The molecule has 30 heavy (non-hydrogen) atoms. The molecule has 3 rings (SSSR count). The lowest BCUT2D eigenvalue weighted by molar-refractivity contribution is -0.140. The first kappa shape index (κ1) is 22.2. The van der Waals surface area contributed by atoms with Crippen molar-refractivity contribution in [3.05, 3.63) is 39.8 Å². The smallest absolute Gasteiger partial charge is 0.354 e. The van der Waals surface area contributed by atoms with Gasteiger partial charge in [0.05, 0.1) is 36.3 Å². The second kappa shape index (κ2) is 8.70. The highest BCUT2D eigenvalue weighted by atomic mass is 35.5. The minimum atomic E-state index is -0.490. The van der Waals surface area contributed by atoms with Crippen LogP contribution in [0, 0.1) is 6.92 Å². The number of benzene rings is 1. The van der Waals surface area contributed by atoms with Crippen molar-refractivity contribution in [3.8, 4) is 11.1 Å². The zero-order chi connectivity index (χ0) is 22.2. The van der Waals surface area contributed by atoms with E-state index in [1.165, 1.54) is 14.2 Å². The number of alkyl halides is 1. The average Bonchev–Trinajstić information content (AvgIpc) is 3.19. The van der Waals surface area contributed by atoms with Crippen molar-refractivity contribution in [2.45, 2.75) is 25.6 Å². The van der Waals surface area contributed by atoms with Crippen LogP contribution in [0.4, 0.5) is 0 Å². The SMILES string of the molecule is COC(=O)CCc1c(C(=O)OC)n(C)c2c(-c3c(CCl)nn(C)c3C)c(Cl)ccc12. The molecule has 7 nitrogen and oxygen atoms in total. The van der Waals surface area contributed by atoms with E-state index < -0.39 is 5.97 Å². The quantitative estimate of drug-likeness (QED) is 0.415. The highest BCUT2D eigenvalue weighted by molar-refractivity contribution is 6.35. The Morgan fingerprint density at radius 1 is 1.13 bits per heavy atom. The van der Waals surface area contributed by atoms with Gasteiger partial charge in [-0.1, -0.05) is 17.7 Å². The largest absolute Gasteiger partial charge is 0.469 e. The third kappa shape index (κ3) is 3.56. The lowest BCUT2D eigenvalue weighted by atomic mass is 9.98. The van der Waals surface area contributed by atoms with E-state index in [9.17, 15) is 9.59 Å². The topological polar surface area (TPSA) is 75.4 Å². The van der Waals surface area contributed by atoms with Gasteiger partial charge < -0.3 is 14.0 Å². The Bertz CT molecular complexity index is 1150. The number of carbonyl (C=O) groups excluding carboxylic acids is 2. The van der Waals surface area contributed by atoms with Crippen molar-refractivity contribution in [1.29, 1.82) is 0 Å². The monoisotopic (exact) mass is 451 g/mol. The minimum Gasteiger partial charge on any atom is -0.469 e. The number of aromatic nitrogens is 3. The molecule has 160 valence electrons. The number of ether oxygens (including phenoxy) is 2. The molecule has 0 spiro atoms. The number of aryl methyl sites for hydroxylation is 3. The summed E-state index contributed by atoms with van der Waals surface area (Å²) in [5.41, 5.74) is 5.00. The van der Waals surface area contributed by atoms with Gasteiger partial charge in [0.15, 0.2) is 0 Å². The Balaban J connectivity index is 2.39. The summed E-state index contributed by atoms with van der Waals surface area (Å²) in [7, 11) is 6.29. The van der Waals surface area contributed by atoms with E-state index in [0.29, 0.717) is 28.4 Å². The van der Waals surface area contributed by atoms with Crippen LogP contribution in [0.2, 0.25) is 5.02 Å². The highest BCUT2D eigenvalue weighted by Gasteiger charge is 2.27. The van der Waals surface area contributed by atoms with Gasteiger partial charge in [0.25, 0.3) is 0 Å². The number of nitrogens with zero attached hydrogens (tertiary/aromatic N) is 3. The Morgan fingerprint density at radius 2 is 1.83 bits per heavy atom. The van der Waals surface area contributed by atoms with Crippen LogP contribution >= 0.6 is 23.2 Å². The van der Waals surface area contributed by atoms with Crippen LogP contribution in [0.1, 0.15) is 33.9 Å². The van der Waals surface area contributed by atoms with Gasteiger partial charge in [-0.2, -0.15) is 5.10 Å². The molecular weight excluding hydrogens is 429 g/mol.